The molecule has 1 aliphatic heterocycles. The lowest BCUT2D eigenvalue weighted by atomic mass is 9.97. The van der Waals surface area contributed by atoms with E-state index in [1.807, 2.05) is 29.2 Å². The summed E-state index contributed by atoms with van der Waals surface area (Å²) in [6, 6.07) is 13.8. The zero-order valence-corrected chi connectivity index (χ0v) is 14.9. The summed E-state index contributed by atoms with van der Waals surface area (Å²) in [6.07, 6.45) is 0.921. The minimum Gasteiger partial charge on any atom is -0.497 e. The molecule has 1 aromatic carbocycles. The van der Waals surface area contributed by atoms with Crippen LogP contribution < -0.4 is 4.74 Å². The number of amides is 1. The van der Waals surface area contributed by atoms with Crippen molar-refractivity contribution >= 4 is 28.6 Å². The lowest BCUT2D eigenvalue weighted by Gasteiger charge is -2.35. The van der Waals surface area contributed by atoms with E-state index in [0.29, 0.717) is 11.3 Å². The average Bonchev–Trinajstić information content (AvgIpc) is 3.31. The number of nitrogens with zero attached hydrogens (tertiary/aromatic N) is 1. The minimum absolute atomic E-state index is 0.0127. The van der Waals surface area contributed by atoms with Gasteiger partial charge >= 0.3 is 0 Å². The summed E-state index contributed by atoms with van der Waals surface area (Å²) in [5.41, 5.74) is 1.94. The van der Waals surface area contributed by atoms with E-state index < -0.39 is 0 Å². The second kappa shape index (κ2) is 6.42. The lowest BCUT2D eigenvalue weighted by Crippen LogP contribution is -2.39. The van der Waals surface area contributed by atoms with Crippen molar-refractivity contribution in [3.8, 4) is 5.75 Å². The van der Waals surface area contributed by atoms with Crippen LogP contribution in [0.25, 0.3) is 0 Å². The van der Waals surface area contributed by atoms with Gasteiger partial charge in [0.2, 0.25) is 0 Å². The maximum absolute atomic E-state index is 13.2. The highest BCUT2D eigenvalue weighted by atomic mass is 32.1. The lowest BCUT2D eigenvalue weighted by molar-refractivity contribution is 0.0698. The quantitative estimate of drug-likeness (QED) is 0.687. The van der Waals surface area contributed by atoms with Gasteiger partial charge in [0.25, 0.3) is 5.91 Å². The van der Waals surface area contributed by atoms with Gasteiger partial charge < -0.3 is 9.64 Å². The Morgan fingerprint density at radius 2 is 2.08 bits per heavy atom. The first-order valence-electron chi connectivity index (χ1n) is 7.82. The molecule has 0 saturated heterocycles. The summed E-state index contributed by atoms with van der Waals surface area (Å²) in [5.74, 6) is 0.769. The Labute approximate surface area is 149 Å². The van der Waals surface area contributed by atoms with E-state index in [-0.39, 0.29) is 11.9 Å². The molecule has 0 bridgehead atoms. The van der Waals surface area contributed by atoms with Gasteiger partial charge in [0.15, 0.2) is 0 Å². The predicted molar refractivity (Wildman–Crippen MR) is 98.2 cm³/mol. The van der Waals surface area contributed by atoms with Crippen molar-refractivity contribution in [1.29, 1.82) is 0 Å². The highest BCUT2D eigenvalue weighted by Crippen LogP contribution is 2.40. The zero-order chi connectivity index (χ0) is 16.5. The van der Waals surface area contributed by atoms with Crippen LogP contribution >= 0.6 is 22.7 Å². The molecule has 0 radical (unpaired) electrons. The van der Waals surface area contributed by atoms with Crippen molar-refractivity contribution in [3.05, 3.63) is 74.1 Å². The van der Waals surface area contributed by atoms with Crippen LogP contribution in [-0.2, 0) is 6.42 Å². The Hall–Kier alpha value is -2.11. The monoisotopic (exact) mass is 355 g/mol. The molecule has 5 heteroatoms. The van der Waals surface area contributed by atoms with E-state index in [4.69, 9.17) is 4.74 Å². The van der Waals surface area contributed by atoms with E-state index in [1.165, 1.54) is 15.3 Å². The number of benzene rings is 1. The van der Waals surface area contributed by atoms with Crippen LogP contribution in [0, 0.1) is 0 Å². The van der Waals surface area contributed by atoms with Gasteiger partial charge in [-0.25, -0.2) is 0 Å². The normalized spacial score (nSPS) is 16.7. The SMILES string of the molecule is COc1cccc(C(=O)N2CCc3sccc3[C@H]2c2cccs2)c1. The summed E-state index contributed by atoms with van der Waals surface area (Å²) < 4.78 is 5.27. The fourth-order valence-electron chi connectivity index (χ4n) is 3.21. The fourth-order valence-corrected chi connectivity index (χ4v) is 4.97. The molecule has 0 saturated carbocycles. The van der Waals surface area contributed by atoms with Gasteiger partial charge in [-0.15, -0.1) is 22.7 Å². The Bertz CT molecular complexity index is 854. The number of thiophene rings is 2. The molecule has 0 fully saturated rings. The summed E-state index contributed by atoms with van der Waals surface area (Å²) in [7, 11) is 1.62. The van der Waals surface area contributed by atoms with Crippen molar-refractivity contribution in [2.24, 2.45) is 0 Å². The van der Waals surface area contributed by atoms with Gasteiger partial charge in [0.1, 0.15) is 5.75 Å². The second-order valence-electron chi connectivity index (χ2n) is 5.70. The van der Waals surface area contributed by atoms with Crippen LogP contribution in [0.4, 0.5) is 0 Å². The second-order valence-corrected chi connectivity index (χ2v) is 7.68. The van der Waals surface area contributed by atoms with Crippen LogP contribution in [0.3, 0.4) is 0 Å². The first-order chi connectivity index (χ1) is 11.8. The van der Waals surface area contributed by atoms with Gasteiger partial charge in [0, 0.05) is 21.9 Å². The van der Waals surface area contributed by atoms with Gasteiger partial charge in [-0.1, -0.05) is 12.1 Å². The van der Waals surface area contributed by atoms with Gasteiger partial charge in [0.05, 0.1) is 13.2 Å². The van der Waals surface area contributed by atoms with E-state index in [1.54, 1.807) is 29.8 Å². The number of hydrogen-bond donors (Lipinski definition) is 0. The number of rotatable bonds is 3. The van der Waals surface area contributed by atoms with E-state index >= 15 is 0 Å². The van der Waals surface area contributed by atoms with Crippen LogP contribution in [0.15, 0.2) is 53.2 Å². The van der Waals surface area contributed by atoms with Crippen molar-refractivity contribution in [1.82, 2.24) is 4.90 Å². The number of carbonyl (C=O) groups is 1. The fraction of sp³-hybridized carbons (Fsp3) is 0.211. The molecule has 3 aromatic rings. The number of fused-ring (bicyclic) bond motifs is 1. The molecular formula is C19H17NO2S2. The third-order valence-corrected chi connectivity index (χ3v) is 6.28. The van der Waals surface area contributed by atoms with Gasteiger partial charge in [-0.2, -0.15) is 0 Å². The van der Waals surface area contributed by atoms with Crippen molar-refractivity contribution in [3.63, 3.8) is 0 Å². The minimum atomic E-state index is 0.0127. The highest BCUT2D eigenvalue weighted by molar-refractivity contribution is 7.10. The van der Waals surface area contributed by atoms with E-state index in [0.717, 1.165) is 13.0 Å². The molecule has 0 N–H and O–H groups in total. The van der Waals surface area contributed by atoms with Crippen molar-refractivity contribution < 1.29 is 9.53 Å². The Morgan fingerprint density at radius 1 is 1.17 bits per heavy atom. The smallest absolute Gasteiger partial charge is 0.254 e. The molecule has 0 aliphatic carbocycles. The number of carbonyl (C=O) groups excluding carboxylic acids is 1. The predicted octanol–water partition coefficient (Wildman–Crippen LogP) is 4.61. The third-order valence-electron chi connectivity index (χ3n) is 4.36. The highest BCUT2D eigenvalue weighted by Gasteiger charge is 2.33. The van der Waals surface area contributed by atoms with Crippen molar-refractivity contribution in [2.45, 2.75) is 12.5 Å². The summed E-state index contributed by atoms with van der Waals surface area (Å²) >= 11 is 3.50. The zero-order valence-electron chi connectivity index (χ0n) is 13.3. The molecule has 0 spiro atoms. The van der Waals surface area contributed by atoms with Gasteiger partial charge in [-0.3, -0.25) is 4.79 Å². The summed E-state index contributed by atoms with van der Waals surface area (Å²) in [4.78, 5) is 17.8. The molecule has 0 unspecified atom stereocenters. The van der Waals surface area contributed by atoms with Crippen LogP contribution in [-0.4, -0.2) is 24.5 Å². The molecule has 3 nitrogen and oxygen atoms in total. The Balaban J connectivity index is 1.74. The van der Waals surface area contributed by atoms with E-state index in [2.05, 4.69) is 29.0 Å². The van der Waals surface area contributed by atoms with Crippen LogP contribution in [0.1, 0.15) is 31.7 Å². The van der Waals surface area contributed by atoms with Crippen LogP contribution in [0.2, 0.25) is 0 Å². The maximum Gasteiger partial charge on any atom is 0.254 e. The summed E-state index contributed by atoms with van der Waals surface area (Å²) in [5, 5.41) is 4.20. The molecule has 1 amide bonds. The molecule has 4 rings (SSSR count). The molecular weight excluding hydrogens is 338 g/mol. The molecule has 122 valence electrons. The molecule has 2 aromatic heterocycles. The molecule has 1 aliphatic rings. The number of hydrogen-bond acceptors (Lipinski definition) is 4. The standard InChI is InChI=1S/C19H17NO2S2/c1-22-14-5-2-4-13(12-14)19(21)20-9-7-16-15(8-11-24-16)18(20)17-6-3-10-23-17/h2-6,8,10-12,18H,7,9H2,1H3/t18-/m0/s1. The summed E-state index contributed by atoms with van der Waals surface area (Å²) in [6.45, 7) is 0.742. The Kier molecular flexibility index (Phi) is 4.12. The average molecular weight is 355 g/mol. The number of methoxy groups -OCH3 is 1. The largest absolute Gasteiger partial charge is 0.497 e. The first-order valence-corrected chi connectivity index (χ1v) is 9.58. The number of ether oxygens (including phenoxy) is 1. The van der Waals surface area contributed by atoms with Gasteiger partial charge in [-0.05, 0) is 53.1 Å². The topological polar surface area (TPSA) is 29.5 Å². The Morgan fingerprint density at radius 3 is 2.88 bits per heavy atom. The maximum atomic E-state index is 13.2. The molecule has 1 atom stereocenters. The third kappa shape index (κ3) is 2.64. The van der Waals surface area contributed by atoms with Crippen molar-refractivity contribution in [2.75, 3.05) is 13.7 Å². The molecule has 24 heavy (non-hydrogen) atoms. The van der Waals surface area contributed by atoms with Crippen LogP contribution in [0.5, 0.6) is 5.75 Å². The molecule has 3 heterocycles. The van der Waals surface area contributed by atoms with E-state index in [9.17, 15) is 4.79 Å². The first kappa shape index (κ1) is 15.4.